The number of benzene rings is 1. The number of rotatable bonds is 13. The molecule has 1 unspecified atom stereocenters. The van der Waals surface area contributed by atoms with Crippen LogP contribution in [0.25, 0.3) is 5.69 Å². The highest BCUT2D eigenvalue weighted by Crippen LogP contribution is 2.41. The number of carbonyl (C=O) groups excluding carboxylic acids is 5. The van der Waals surface area contributed by atoms with Gasteiger partial charge in [0.25, 0.3) is 17.7 Å². The van der Waals surface area contributed by atoms with Gasteiger partial charge in [0.05, 0.1) is 18.3 Å². The Labute approximate surface area is 285 Å². The summed E-state index contributed by atoms with van der Waals surface area (Å²) in [7, 11) is 0. The molecule has 2 aliphatic heterocycles. The molecule has 3 atom stereocenters. The monoisotopic (exact) mass is 703 g/mol. The second-order valence-electron chi connectivity index (χ2n) is 12.1. The quantitative estimate of drug-likeness (QED) is 0.272. The molecular formula is C32H39F2N7O9. The van der Waals surface area contributed by atoms with Gasteiger partial charge in [-0.05, 0) is 38.3 Å². The summed E-state index contributed by atoms with van der Waals surface area (Å²) in [5.74, 6) is -6.69. The SMILES string of the molecule is CCOC(=O)N1CCN(C(=O)C(CCC(=O)O)NC(=O)c2cc(OCC(=O)N3CCC[C@H]3C(=O)N[C@H]3CC3(F)F)n(-c3ccccc3)n2)CC1. The van der Waals surface area contributed by atoms with Gasteiger partial charge in [-0.15, -0.1) is 0 Å². The minimum absolute atomic E-state index is 0.0176. The summed E-state index contributed by atoms with van der Waals surface area (Å²) in [5, 5.41) is 18.5. The van der Waals surface area contributed by atoms with E-state index < -0.39 is 79.2 Å². The first-order valence-corrected chi connectivity index (χ1v) is 16.4. The summed E-state index contributed by atoms with van der Waals surface area (Å²) in [4.78, 5) is 80.4. The first-order valence-electron chi connectivity index (χ1n) is 16.4. The van der Waals surface area contributed by atoms with Crippen LogP contribution in [0, 0.1) is 0 Å². The number of hydrogen-bond acceptors (Lipinski definition) is 9. The molecule has 5 amide bonds. The Kier molecular flexibility index (Phi) is 11.2. The third kappa shape index (κ3) is 8.64. The van der Waals surface area contributed by atoms with Gasteiger partial charge in [0.15, 0.2) is 12.3 Å². The highest BCUT2D eigenvalue weighted by Gasteiger charge is 2.58. The van der Waals surface area contributed by atoms with Crippen molar-refractivity contribution in [3.8, 4) is 11.6 Å². The summed E-state index contributed by atoms with van der Waals surface area (Å²) in [6.07, 6.45) is -0.753. The minimum atomic E-state index is -2.95. The molecule has 0 spiro atoms. The summed E-state index contributed by atoms with van der Waals surface area (Å²) < 4.78 is 38.8. The zero-order valence-electron chi connectivity index (χ0n) is 27.4. The molecule has 3 heterocycles. The zero-order chi connectivity index (χ0) is 36.0. The minimum Gasteiger partial charge on any atom is -0.481 e. The normalized spacial score (nSPS) is 20.1. The molecule has 2 aromatic rings. The third-order valence-electron chi connectivity index (χ3n) is 8.64. The molecule has 1 saturated carbocycles. The van der Waals surface area contributed by atoms with Gasteiger partial charge in [0.2, 0.25) is 17.7 Å². The van der Waals surface area contributed by atoms with E-state index in [9.17, 15) is 42.7 Å². The topological polar surface area (TPSA) is 193 Å². The molecule has 270 valence electrons. The van der Waals surface area contributed by atoms with Gasteiger partial charge in [-0.1, -0.05) is 18.2 Å². The van der Waals surface area contributed by atoms with Crippen LogP contribution in [-0.4, -0.2) is 135 Å². The number of nitrogens with zero attached hydrogens (tertiary/aromatic N) is 5. The molecule has 0 bridgehead atoms. The van der Waals surface area contributed by atoms with Gasteiger partial charge in [0.1, 0.15) is 12.1 Å². The van der Waals surface area contributed by atoms with E-state index in [1.165, 1.54) is 25.4 Å². The number of carboxylic acid groups (broad SMARTS) is 1. The second kappa shape index (κ2) is 15.5. The van der Waals surface area contributed by atoms with E-state index >= 15 is 0 Å². The molecule has 1 aromatic heterocycles. The Morgan fingerprint density at radius 1 is 1.04 bits per heavy atom. The van der Waals surface area contributed by atoms with E-state index in [0.717, 1.165) is 0 Å². The van der Waals surface area contributed by atoms with E-state index in [4.69, 9.17) is 9.47 Å². The number of nitrogens with one attached hydrogen (secondary N) is 2. The Balaban J connectivity index is 1.27. The maximum atomic E-state index is 13.5. The fraction of sp³-hybridized carbons (Fsp3) is 0.531. The molecule has 0 radical (unpaired) electrons. The van der Waals surface area contributed by atoms with Gasteiger partial charge < -0.3 is 39.9 Å². The zero-order valence-corrected chi connectivity index (χ0v) is 27.4. The van der Waals surface area contributed by atoms with Crippen molar-refractivity contribution in [3.05, 3.63) is 42.1 Å². The molecule has 16 nitrogen and oxygen atoms in total. The lowest BCUT2D eigenvalue weighted by Crippen LogP contribution is -2.56. The number of ether oxygens (including phenoxy) is 2. The number of aromatic nitrogens is 2. The molecule has 50 heavy (non-hydrogen) atoms. The number of halogens is 2. The Morgan fingerprint density at radius 2 is 1.72 bits per heavy atom. The van der Waals surface area contributed by atoms with Crippen molar-refractivity contribution in [1.29, 1.82) is 0 Å². The van der Waals surface area contributed by atoms with Crippen molar-refractivity contribution in [2.75, 3.05) is 45.9 Å². The molecule has 18 heteroatoms. The average Bonchev–Trinajstić information content (AvgIpc) is 3.47. The summed E-state index contributed by atoms with van der Waals surface area (Å²) in [5.41, 5.74) is 0.274. The first kappa shape index (κ1) is 36.0. The number of carbonyl (C=O) groups is 6. The van der Waals surface area contributed by atoms with E-state index in [1.54, 1.807) is 37.3 Å². The summed E-state index contributed by atoms with van der Waals surface area (Å²) >= 11 is 0. The van der Waals surface area contributed by atoms with Crippen molar-refractivity contribution in [3.63, 3.8) is 0 Å². The number of para-hydroxylation sites is 1. The van der Waals surface area contributed by atoms with Gasteiger partial charge in [-0.25, -0.2) is 18.3 Å². The van der Waals surface area contributed by atoms with Crippen molar-refractivity contribution < 1.29 is 52.1 Å². The van der Waals surface area contributed by atoms with Crippen molar-refractivity contribution in [2.24, 2.45) is 0 Å². The Morgan fingerprint density at radius 3 is 2.36 bits per heavy atom. The molecule has 5 rings (SSSR count). The third-order valence-corrected chi connectivity index (χ3v) is 8.64. The van der Waals surface area contributed by atoms with Crippen LogP contribution < -0.4 is 15.4 Å². The molecule has 1 aromatic carbocycles. The number of carboxylic acids is 1. The lowest BCUT2D eigenvalue weighted by molar-refractivity contribution is -0.140. The smallest absolute Gasteiger partial charge is 0.409 e. The fourth-order valence-corrected chi connectivity index (χ4v) is 5.83. The predicted octanol–water partition coefficient (Wildman–Crippen LogP) is 1.03. The largest absolute Gasteiger partial charge is 0.481 e. The van der Waals surface area contributed by atoms with Gasteiger partial charge in [-0.3, -0.25) is 24.0 Å². The van der Waals surface area contributed by atoms with Crippen LogP contribution in [0.4, 0.5) is 13.6 Å². The number of piperazine rings is 1. The standard InChI is InChI=1S/C32H39F2N7O9/c1-2-49-31(48)39-15-13-38(14-16-39)30(47)21(10-11-27(43)44)35-28(45)22-17-26(41(37-22)20-7-4-3-5-8-20)50-19-25(42)40-12-6-9-23(40)29(46)36-24-18-32(24,33)34/h3-5,7-8,17,21,23-24H,2,6,9-16,18-19H2,1H3,(H,35,45)(H,36,46)(H,43,44)/t21?,23-,24-/m0/s1. The first-order chi connectivity index (χ1) is 23.9. The molecule has 3 N–H and O–H groups in total. The number of aliphatic carboxylic acids is 1. The summed E-state index contributed by atoms with van der Waals surface area (Å²) in [6.45, 7) is 2.26. The van der Waals surface area contributed by atoms with E-state index in [0.29, 0.717) is 18.5 Å². The number of likely N-dealkylation sites (tertiary alicyclic amines) is 1. The number of alkyl halides is 2. The van der Waals surface area contributed by atoms with Crippen molar-refractivity contribution in [1.82, 2.24) is 35.1 Å². The Hall–Kier alpha value is -5.29. The van der Waals surface area contributed by atoms with Crippen molar-refractivity contribution in [2.45, 2.75) is 63.1 Å². The molecule has 3 fully saturated rings. The molecule has 1 aliphatic carbocycles. The van der Waals surface area contributed by atoms with Gasteiger partial charge in [0, 0.05) is 51.6 Å². The van der Waals surface area contributed by atoms with Crippen molar-refractivity contribution >= 4 is 35.7 Å². The second-order valence-corrected chi connectivity index (χ2v) is 12.1. The number of amides is 5. The van der Waals surface area contributed by atoms with Crippen LogP contribution in [0.1, 0.15) is 49.5 Å². The fourth-order valence-electron chi connectivity index (χ4n) is 5.83. The number of hydrogen-bond donors (Lipinski definition) is 3. The Bertz CT molecular complexity index is 1600. The molecule has 2 saturated heterocycles. The lowest BCUT2D eigenvalue weighted by Gasteiger charge is -2.35. The van der Waals surface area contributed by atoms with Crippen LogP contribution in [0.15, 0.2) is 36.4 Å². The van der Waals surface area contributed by atoms with Crippen LogP contribution >= 0.6 is 0 Å². The predicted molar refractivity (Wildman–Crippen MR) is 169 cm³/mol. The maximum Gasteiger partial charge on any atom is 0.409 e. The van der Waals surface area contributed by atoms with Crippen LogP contribution in [-0.2, 0) is 23.9 Å². The van der Waals surface area contributed by atoms with E-state index in [2.05, 4.69) is 15.7 Å². The van der Waals surface area contributed by atoms with Gasteiger partial charge in [-0.2, -0.15) is 5.10 Å². The highest BCUT2D eigenvalue weighted by molar-refractivity contribution is 5.96. The lowest BCUT2D eigenvalue weighted by atomic mass is 10.1. The molecular weight excluding hydrogens is 664 g/mol. The summed E-state index contributed by atoms with van der Waals surface area (Å²) in [6, 6.07) is 6.40. The average molecular weight is 704 g/mol. The maximum absolute atomic E-state index is 13.5. The van der Waals surface area contributed by atoms with E-state index in [1.807, 2.05) is 0 Å². The van der Waals surface area contributed by atoms with Gasteiger partial charge >= 0.3 is 12.1 Å². The highest BCUT2D eigenvalue weighted by atomic mass is 19.3. The van der Waals surface area contributed by atoms with Crippen LogP contribution in [0.3, 0.4) is 0 Å². The van der Waals surface area contributed by atoms with Crippen LogP contribution in [0.5, 0.6) is 5.88 Å². The molecule has 3 aliphatic rings. The van der Waals surface area contributed by atoms with Crippen LogP contribution in [0.2, 0.25) is 0 Å². The van der Waals surface area contributed by atoms with E-state index in [-0.39, 0.29) is 57.3 Å².